The summed E-state index contributed by atoms with van der Waals surface area (Å²) in [5.41, 5.74) is 1.74. The molecule has 68 valence electrons. The summed E-state index contributed by atoms with van der Waals surface area (Å²) in [7, 11) is 5.68. The van der Waals surface area contributed by atoms with E-state index in [9.17, 15) is 4.79 Å². The number of hydrogen-bond donors (Lipinski definition) is 1. The fourth-order valence-corrected chi connectivity index (χ4v) is 1.40. The van der Waals surface area contributed by atoms with Gasteiger partial charge in [0, 0.05) is 19.4 Å². The molecule has 4 heteroatoms. The summed E-state index contributed by atoms with van der Waals surface area (Å²) in [6, 6.07) is 9.02. The van der Waals surface area contributed by atoms with Crippen LogP contribution in [0.4, 0.5) is 0 Å². The first-order valence-electron chi connectivity index (χ1n) is 4.39. The first-order chi connectivity index (χ1) is 6.66. The minimum atomic E-state index is -0.0845. The average molecular weight is 267 g/mol. The van der Waals surface area contributed by atoms with Gasteiger partial charge in [0.05, 0.1) is 0 Å². The smallest absolute Gasteiger partial charge is 0.324 e. The maximum Gasteiger partial charge on any atom is 1.00 e. The Bertz CT molecular complexity index is 521. The molecule has 0 saturated carbocycles. The summed E-state index contributed by atoms with van der Waals surface area (Å²) in [4.78, 5) is 13.8. The molecule has 1 N–H and O–H groups in total. The van der Waals surface area contributed by atoms with Gasteiger partial charge in [-0.1, -0.05) is 24.4 Å². The molecule has 2 aromatic rings. The predicted molar refractivity (Wildman–Crippen MR) is 58.3 cm³/mol. The summed E-state index contributed by atoms with van der Waals surface area (Å²) in [5.74, 6) is 0.776. The van der Waals surface area contributed by atoms with E-state index in [1.54, 1.807) is 6.07 Å². The Morgan fingerprint density at radius 2 is 2.00 bits per heavy atom. The molecule has 2 radical (unpaired) electrons. The third-order valence-electron chi connectivity index (χ3n) is 2.18. The van der Waals surface area contributed by atoms with Crippen molar-refractivity contribution in [2.24, 2.45) is 0 Å². The zero-order valence-corrected chi connectivity index (χ0v) is 13.8. The molecule has 0 aliphatic rings. The Kier molecular flexibility index (Phi) is 4.84. The molecule has 0 aliphatic carbocycles. The number of pyridine rings is 1. The van der Waals surface area contributed by atoms with Gasteiger partial charge in [-0.05, 0) is 0 Å². The van der Waals surface area contributed by atoms with Crippen LogP contribution in [-0.4, -0.2) is 12.8 Å². The van der Waals surface area contributed by atoms with Crippen molar-refractivity contribution in [2.75, 3.05) is 0 Å². The van der Waals surface area contributed by atoms with Crippen molar-refractivity contribution in [3.8, 4) is 0 Å². The fourth-order valence-electron chi connectivity index (χ4n) is 1.40. The molecule has 15 heavy (non-hydrogen) atoms. The SMILES string of the molecule is [B][C-](C)c1ccc2[nH]c(=O)ccc2c1.[Rb+]. The van der Waals surface area contributed by atoms with Crippen molar-refractivity contribution in [1.29, 1.82) is 0 Å². The molecule has 0 bridgehead atoms. The van der Waals surface area contributed by atoms with Crippen molar-refractivity contribution >= 4 is 18.7 Å². The standard InChI is InChI=1S/C11H9BNO.Rb/c1-7(12)8-2-4-10-9(6-8)3-5-11(14)13-10;/h2-6H,1H3,(H,13,14);/q-1;+1. The molecule has 0 spiro atoms. The van der Waals surface area contributed by atoms with Gasteiger partial charge in [-0.2, -0.15) is 17.7 Å². The van der Waals surface area contributed by atoms with E-state index in [0.717, 1.165) is 22.3 Å². The number of aromatic nitrogens is 1. The Balaban J connectivity index is 0.00000112. The van der Waals surface area contributed by atoms with E-state index in [4.69, 9.17) is 7.85 Å². The number of aromatic amines is 1. The monoisotopic (exact) mass is 267 g/mol. The quantitative estimate of drug-likeness (QED) is 0.500. The second-order valence-corrected chi connectivity index (χ2v) is 3.31. The third kappa shape index (κ3) is 3.06. The Morgan fingerprint density at radius 3 is 2.67 bits per heavy atom. The Labute approximate surface area is 139 Å². The van der Waals surface area contributed by atoms with E-state index in [1.165, 1.54) is 6.07 Å². The van der Waals surface area contributed by atoms with Crippen LogP contribution >= 0.6 is 0 Å². The third-order valence-corrected chi connectivity index (χ3v) is 2.18. The van der Waals surface area contributed by atoms with Crippen LogP contribution in [0.25, 0.3) is 10.9 Å². The summed E-state index contributed by atoms with van der Waals surface area (Å²) >= 11 is 0. The number of hydrogen-bond acceptors (Lipinski definition) is 1. The normalized spacial score (nSPS) is 9.67. The van der Waals surface area contributed by atoms with Crippen LogP contribution in [0.1, 0.15) is 12.5 Å². The number of fused-ring (bicyclic) bond motifs is 1. The topological polar surface area (TPSA) is 32.9 Å². The molecule has 1 heterocycles. The van der Waals surface area contributed by atoms with Crippen molar-refractivity contribution in [3.63, 3.8) is 0 Å². The van der Waals surface area contributed by atoms with Crippen molar-refractivity contribution in [3.05, 3.63) is 52.1 Å². The molecule has 0 amide bonds. The Hall–Kier alpha value is 0.170. The maximum absolute atomic E-state index is 11.0. The van der Waals surface area contributed by atoms with Gasteiger partial charge in [0.15, 0.2) is 0 Å². The van der Waals surface area contributed by atoms with Crippen molar-refractivity contribution in [1.82, 2.24) is 4.98 Å². The molecule has 1 aromatic heterocycles. The summed E-state index contributed by atoms with van der Waals surface area (Å²) < 4.78 is 0. The van der Waals surface area contributed by atoms with Crippen LogP contribution < -0.4 is 63.7 Å². The van der Waals surface area contributed by atoms with Crippen LogP contribution in [0.15, 0.2) is 35.1 Å². The van der Waals surface area contributed by atoms with Gasteiger partial charge in [-0.25, -0.2) is 5.82 Å². The van der Waals surface area contributed by atoms with Gasteiger partial charge < -0.3 is 4.98 Å². The van der Waals surface area contributed by atoms with Crippen LogP contribution in [0, 0.1) is 5.82 Å². The van der Waals surface area contributed by atoms with Crippen molar-refractivity contribution in [2.45, 2.75) is 6.92 Å². The summed E-state index contributed by atoms with van der Waals surface area (Å²) in [6.45, 7) is 1.85. The average Bonchev–Trinajstić information content (AvgIpc) is 2.16. The van der Waals surface area contributed by atoms with E-state index < -0.39 is 0 Å². The summed E-state index contributed by atoms with van der Waals surface area (Å²) in [5, 5.41) is 0.993. The molecule has 0 saturated heterocycles. The van der Waals surface area contributed by atoms with Gasteiger partial charge in [0.25, 0.3) is 0 Å². The number of benzene rings is 1. The Morgan fingerprint density at radius 1 is 1.27 bits per heavy atom. The molecule has 1 aromatic carbocycles. The minimum Gasteiger partial charge on any atom is -0.324 e. The molecular weight excluding hydrogens is 258 g/mol. The minimum absolute atomic E-state index is 0. The van der Waals surface area contributed by atoms with Crippen LogP contribution in [0.5, 0.6) is 0 Å². The van der Waals surface area contributed by atoms with E-state index in [1.807, 2.05) is 25.1 Å². The first-order valence-corrected chi connectivity index (χ1v) is 4.39. The zero-order valence-electron chi connectivity index (χ0n) is 8.87. The predicted octanol–water partition coefficient (Wildman–Crippen LogP) is -1.40. The van der Waals surface area contributed by atoms with Gasteiger partial charge in [-0.3, -0.25) is 4.79 Å². The summed E-state index contributed by atoms with van der Waals surface area (Å²) in [6.07, 6.45) is 0. The number of rotatable bonds is 1. The molecule has 2 nitrogen and oxygen atoms in total. The molecule has 0 fully saturated rings. The van der Waals surface area contributed by atoms with Gasteiger partial charge in [0.2, 0.25) is 5.56 Å². The van der Waals surface area contributed by atoms with E-state index in [0.29, 0.717) is 0 Å². The van der Waals surface area contributed by atoms with Crippen LogP contribution in [-0.2, 0) is 0 Å². The molecule has 2 rings (SSSR count). The second-order valence-electron chi connectivity index (χ2n) is 3.31. The first kappa shape index (κ1) is 13.2. The number of nitrogens with one attached hydrogen (secondary N) is 1. The van der Waals surface area contributed by atoms with Gasteiger partial charge in [0.1, 0.15) is 0 Å². The molecular formula is C11H9BNORb. The van der Waals surface area contributed by atoms with E-state index >= 15 is 0 Å². The van der Waals surface area contributed by atoms with Crippen molar-refractivity contribution < 1.29 is 58.2 Å². The number of H-pyrrole nitrogens is 1. The van der Waals surface area contributed by atoms with Gasteiger partial charge in [-0.15, -0.1) is 0 Å². The molecule has 0 unspecified atom stereocenters. The molecule has 0 atom stereocenters. The largest absolute Gasteiger partial charge is 1.00 e. The maximum atomic E-state index is 11.0. The van der Waals surface area contributed by atoms with Crippen LogP contribution in [0.3, 0.4) is 0 Å². The van der Waals surface area contributed by atoms with E-state index in [-0.39, 0.29) is 63.7 Å². The fraction of sp³-hybridized carbons (Fsp3) is 0.0909. The molecule has 0 aliphatic heterocycles. The van der Waals surface area contributed by atoms with Gasteiger partial charge >= 0.3 is 58.2 Å². The zero-order chi connectivity index (χ0) is 10.1. The van der Waals surface area contributed by atoms with E-state index in [2.05, 4.69) is 4.98 Å². The second kappa shape index (κ2) is 5.48. The van der Waals surface area contributed by atoms with Crippen LogP contribution in [0.2, 0.25) is 0 Å².